The predicted octanol–water partition coefficient (Wildman–Crippen LogP) is 4.46. The third kappa shape index (κ3) is 3.86. The van der Waals surface area contributed by atoms with E-state index < -0.39 is 12.0 Å². The molecule has 0 fully saturated rings. The number of ether oxygens (including phenoxy) is 1. The van der Waals surface area contributed by atoms with E-state index in [9.17, 15) is 9.18 Å². The van der Waals surface area contributed by atoms with Crippen molar-refractivity contribution in [3.8, 4) is 0 Å². The maximum Gasteiger partial charge on any atom is 0.332 e. The molecular formula is C15H12Cl2FNO2. The zero-order valence-corrected chi connectivity index (χ0v) is 12.6. The van der Waals surface area contributed by atoms with Gasteiger partial charge < -0.3 is 10.1 Å². The second kappa shape index (κ2) is 6.78. The lowest BCUT2D eigenvalue weighted by Gasteiger charge is -2.18. The van der Waals surface area contributed by atoms with Crippen LogP contribution in [0.3, 0.4) is 0 Å². The van der Waals surface area contributed by atoms with Gasteiger partial charge in [-0.25, -0.2) is 9.18 Å². The summed E-state index contributed by atoms with van der Waals surface area (Å²) >= 11 is 11.8. The molecule has 2 rings (SSSR count). The van der Waals surface area contributed by atoms with Crippen LogP contribution in [0.15, 0.2) is 42.5 Å². The summed E-state index contributed by atoms with van der Waals surface area (Å²) in [4.78, 5) is 11.9. The van der Waals surface area contributed by atoms with Gasteiger partial charge in [-0.1, -0.05) is 29.3 Å². The Bertz CT molecular complexity index is 647. The Morgan fingerprint density at radius 2 is 1.81 bits per heavy atom. The molecule has 3 nitrogen and oxygen atoms in total. The Morgan fingerprint density at radius 1 is 1.14 bits per heavy atom. The number of rotatable bonds is 4. The van der Waals surface area contributed by atoms with E-state index in [1.807, 2.05) is 0 Å². The van der Waals surface area contributed by atoms with Gasteiger partial charge in [0.1, 0.15) is 5.82 Å². The van der Waals surface area contributed by atoms with Gasteiger partial charge >= 0.3 is 5.97 Å². The Hall–Kier alpha value is -1.78. The fourth-order valence-electron chi connectivity index (χ4n) is 1.80. The zero-order chi connectivity index (χ0) is 15.4. The molecule has 0 spiro atoms. The van der Waals surface area contributed by atoms with Gasteiger partial charge in [0, 0.05) is 5.69 Å². The molecule has 0 aliphatic heterocycles. The summed E-state index contributed by atoms with van der Waals surface area (Å²) in [6.45, 7) is 0. The smallest absolute Gasteiger partial charge is 0.332 e. The lowest BCUT2D eigenvalue weighted by molar-refractivity contribution is -0.141. The van der Waals surface area contributed by atoms with Crippen LogP contribution in [0.25, 0.3) is 0 Å². The maximum absolute atomic E-state index is 12.9. The van der Waals surface area contributed by atoms with E-state index in [4.69, 9.17) is 27.9 Å². The first-order chi connectivity index (χ1) is 10.0. The minimum absolute atomic E-state index is 0.337. The van der Waals surface area contributed by atoms with Gasteiger partial charge in [0.15, 0.2) is 6.04 Å². The summed E-state index contributed by atoms with van der Waals surface area (Å²) in [5, 5.41) is 3.71. The molecule has 110 valence electrons. The topological polar surface area (TPSA) is 38.3 Å². The highest BCUT2D eigenvalue weighted by molar-refractivity contribution is 6.42. The van der Waals surface area contributed by atoms with Crippen molar-refractivity contribution < 1.29 is 13.9 Å². The monoisotopic (exact) mass is 327 g/mol. The average molecular weight is 328 g/mol. The molecule has 0 amide bonds. The summed E-state index contributed by atoms with van der Waals surface area (Å²) in [6, 6.07) is 9.74. The number of carbonyl (C=O) groups excluding carboxylic acids is 1. The molecule has 1 atom stereocenters. The van der Waals surface area contributed by atoms with Gasteiger partial charge in [0.2, 0.25) is 0 Å². The number of anilines is 1. The molecular weight excluding hydrogens is 316 g/mol. The van der Waals surface area contributed by atoms with Crippen molar-refractivity contribution in [2.24, 2.45) is 0 Å². The van der Waals surface area contributed by atoms with Gasteiger partial charge in [-0.2, -0.15) is 0 Å². The van der Waals surface area contributed by atoms with Crippen molar-refractivity contribution in [1.29, 1.82) is 0 Å². The number of halogens is 3. The highest BCUT2D eigenvalue weighted by atomic mass is 35.5. The molecule has 21 heavy (non-hydrogen) atoms. The molecule has 1 N–H and O–H groups in total. The molecule has 0 radical (unpaired) electrons. The lowest BCUT2D eigenvalue weighted by Crippen LogP contribution is -2.22. The number of hydrogen-bond donors (Lipinski definition) is 1. The molecule has 0 aliphatic rings. The fourth-order valence-corrected chi connectivity index (χ4v) is 2.11. The van der Waals surface area contributed by atoms with E-state index in [0.717, 1.165) is 0 Å². The normalized spacial score (nSPS) is 11.8. The molecule has 0 aromatic heterocycles. The van der Waals surface area contributed by atoms with Crippen molar-refractivity contribution >= 4 is 34.9 Å². The molecule has 2 aromatic carbocycles. The zero-order valence-electron chi connectivity index (χ0n) is 11.1. The van der Waals surface area contributed by atoms with E-state index >= 15 is 0 Å². The fraction of sp³-hybridized carbons (Fsp3) is 0.133. The SMILES string of the molecule is COC(=O)C(Nc1ccc(F)cc1)c1ccc(Cl)c(Cl)c1. The highest BCUT2D eigenvalue weighted by Crippen LogP contribution is 2.28. The van der Waals surface area contributed by atoms with Gasteiger partial charge in [0.25, 0.3) is 0 Å². The first-order valence-electron chi connectivity index (χ1n) is 6.06. The van der Waals surface area contributed by atoms with Crippen LogP contribution in [0, 0.1) is 5.82 Å². The molecule has 0 heterocycles. The van der Waals surface area contributed by atoms with Gasteiger partial charge in [0.05, 0.1) is 17.2 Å². The number of hydrogen-bond acceptors (Lipinski definition) is 3. The van der Waals surface area contributed by atoms with E-state index in [1.165, 1.54) is 31.4 Å². The lowest BCUT2D eigenvalue weighted by atomic mass is 10.1. The number of benzene rings is 2. The summed E-state index contributed by atoms with van der Waals surface area (Å²) in [5.41, 5.74) is 1.18. The van der Waals surface area contributed by atoms with Crippen LogP contribution < -0.4 is 5.32 Å². The Kier molecular flexibility index (Phi) is 5.04. The highest BCUT2D eigenvalue weighted by Gasteiger charge is 2.22. The van der Waals surface area contributed by atoms with E-state index in [0.29, 0.717) is 21.3 Å². The maximum atomic E-state index is 12.9. The Balaban J connectivity index is 2.31. The van der Waals surface area contributed by atoms with Crippen LogP contribution in [0.5, 0.6) is 0 Å². The molecule has 1 unspecified atom stereocenters. The van der Waals surface area contributed by atoms with E-state index in [-0.39, 0.29) is 5.82 Å². The van der Waals surface area contributed by atoms with E-state index in [2.05, 4.69) is 5.32 Å². The quantitative estimate of drug-likeness (QED) is 0.842. The second-order valence-corrected chi connectivity index (χ2v) is 5.10. The molecule has 0 aliphatic carbocycles. The molecule has 6 heteroatoms. The molecule has 0 saturated carbocycles. The summed E-state index contributed by atoms with van der Waals surface area (Å²) < 4.78 is 17.7. The van der Waals surface area contributed by atoms with Gasteiger partial charge in [-0.05, 0) is 42.0 Å². The van der Waals surface area contributed by atoms with Crippen LogP contribution in [0.2, 0.25) is 10.0 Å². The Morgan fingerprint density at radius 3 is 2.38 bits per heavy atom. The second-order valence-electron chi connectivity index (χ2n) is 4.28. The van der Waals surface area contributed by atoms with Crippen LogP contribution in [-0.4, -0.2) is 13.1 Å². The summed E-state index contributed by atoms with van der Waals surface area (Å²) in [6.07, 6.45) is 0. The van der Waals surface area contributed by atoms with Crippen LogP contribution >= 0.6 is 23.2 Å². The average Bonchev–Trinajstić information content (AvgIpc) is 2.49. The Labute approximate surface area is 131 Å². The minimum Gasteiger partial charge on any atom is -0.467 e. The number of methoxy groups -OCH3 is 1. The minimum atomic E-state index is -0.768. The first kappa shape index (κ1) is 15.6. The van der Waals surface area contributed by atoms with Crippen molar-refractivity contribution in [1.82, 2.24) is 0 Å². The molecule has 2 aromatic rings. The first-order valence-corrected chi connectivity index (χ1v) is 6.81. The third-order valence-electron chi connectivity index (χ3n) is 2.87. The van der Waals surface area contributed by atoms with Crippen molar-refractivity contribution in [3.05, 3.63) is 63.9 Å². The summed E-state index contributed by atoms with van der Waals surface area (Å²) in [5.74, 6) is -0.845. The van der Waals surface area contributed by atoms with Crippen LogP contribution in [-0.2, 0) is 9.53 Å². The van der Waals surface area contributed by atoms with Crippen LogP contribution in [0.1, 0.15) is 11.6 Å². The third-order valence-corrected chi connectivity index (χ3v) is 3.61. The van der Waals surface area contributed by atoms with Gasteiger partial charge in [-0.3, -0.25) is 0 Å². The van der Waals surface area contributed by atoms with Crippen molar-refractivity contribution in [2.75, 3.05) is 12.4 Å². The number of nitrogens with one attached hydrogen (secondary N) is 1. The summed E-state index contributed by atoms with van der Waals surface area (Å²) in [7, 11) is 1.29. The standard InChI is InChI=1S/C15H12Cl2FNO2/c1-21-15(20)14(9-2-7-12(16)13(17)8-9)19-11-5-3-10(18)4-6-11/h2-8,14,19H,1H3. The molecule has 0 saturated heterocycles. The van der Waals surface area contributed by atoms with Crippen molar-refractivity contribution in [3.63, 3.8) is 0 Å². The number of carbonyl (C=O) groups is 1. The van der Waals surface area contributed by atoms with Crippen LogP contribution in [0.4, 0.5) is 10.1 Å². The largest absolute Gasteiger partial charge is 0.467 e. The van der Waals surface area contributed by atoms with Crippen molar-refractivity contribution in [2.45, 2.75) is 6.04 Å². The molecule has 0 bridgehead atoms. The predicted molar refractivity (Wildman–Crippen MR) is 81.2 cm³/mol. The van der Waals surface area contributed by atoms with E-state index in [1.54, 1.807) is 18.2 Å². The van der Waals surface area contributed by atoms with Gasteiger partial charge in [-0.15, -0.1) is 0 Å². The number of esters is 1.